The van der Waals surface area contributed by atoms with Gasteiger partial charge in [-0.2, -0.15) is 0 Å². The Kier molecular flexibility index (Phi) is 6.60. The van der Waals surface area contributed by atoms with E-state index >= 15 is 0 Å². The van der Waals surface area contributed by atoms with Crippen molar-refractivity contribution in [3.63, 3.8) is 0 Å². The molecule has 8 nitrogen and oxygen atoms in total. The van der Waals surface area contributed by atoms with E-state index in [1.54, 1.807) is 6.07 Å². The number of carboxylic acid groups (broad SMARTS) is 1. The molecule has 0 amide bonds. The summed E-state index contributed by atoms with van der Waals surface area (Å²) in [6.45, 7) is 1.22. The minimum Gasteiger partial charge on any atom is -0.497 e. The highest BCUT2D eigenvalue weighted by Gasteiger charge is 2.20. The Bertz CT molecular complexity index is 615. The lowest BCUT2D eigenvalue weighted by atomic mass is 10.3. The molecule has 1 aromatic carbocycles. The van der Waals surface area contributed by atoms with E-state index in [0.29, 0.717) is 5.75 Å². The van der Waals surface area contributed by atoms with Crippen molar-refractivity contribution in [1.29, 1.82) is 0 Å². The Labute approximate surface area is 129 Å². The van der Waals surface area contributed by atoms with E-state index in [-0.39, 0.29) is 23.8 Å². The van der Waals surface area contributed by atoms with Crippen LogP contribution in [-0.2, 0) is 19.6 Å². The van der Waals surface area contributed by atoms with E-state index in [4.69, 9.17) is 19.3 Å². The fourth-order valence-electron chi connectivity index (χ4n) is 1.55. The quantitative estimate of drug-likeness (QED) is 0.632. The maximum Gasteiger partial charge on any atom is 0.332 e. The second-order valence-corrected chi connectivity index (χ2v) is 6.00. The van der Waals surface area contributed by atoms with Crippen LogP contribution < -0.4 is 14.2 Å². The monoisotopic (exact) mass is 333 g/mol. The first-order valence-corrected chi connectivity index (χ1v) is 7.86. The Morgan fingerprint density at radius 2 is 2.00 bits per heavy atom. The van der Waals surface area contributed by atoms with Gasteiger partial charge in [0.05, 0.1) is 20.8 Å². The van der Waals surface area contributed by atoms with Crippen molar-refractivity contribution < 1.29 is 32.5 Å². The summed E-state index contributed by atoms with van der Waals surface area (Å²) in [7, 11) is -1.05. The highest BCUT2D eigenvalue weighted by atomic mass is 32.2. The number of carbonyl (C=O) groups is 1. The van der Waals surface area contributed by atoms with Crippen LogP contribution in [-0.4, -0.2) is 53.0 Å². The molecule has 124 valence electrons. The molecule has 0 aliphatic rings. The van der Waals surface area contributed by atoms with Gasteiger partial charge < -0.3 is 19.3 Å². The highest BCUT2D eigenvalue weighted by Crippen LogP contribution is 2.27. The van der Waals surface area contributed by atoms with E-state index in [1.807, 2.05) is 0 Å². The van der Waals surface area contributed by atoms with Crippen LogP contribution in [0.3, 0.4) is 0 Å². The summed E-state index contributed by atoms with van der Waals surface area (Å²) < 4.78 is 41.8. The Morgan fingerprint density at radius 3 is 2.55 bits per heavy atom. The van der Waals surface area contributed by atoms with E-state index in [1.165, 1.54) is 33.3 Å². The fraction of sp³-hybridized carbons (Fsp3) is 0.462. The minimum absolute atomic E-state index is 0.0689. The number of rotatable bonds is 9. The Balaban J connectivity index is 2.76. The molecule has 0 aromatic heterocycles. The van der Waals surface area contributed by atoms with E-state index in [9.17, 15) is 13.2 Å². The average Bonchev–Trinajstić information content (AvgIpc) is 2.50. The van der Waals surface area contributed by atoms with Gasteiger partial charge >= 0.3 is 5.97 Å². The number of ether oxygens (including phenoxy) is 3. The summed E-state index contributed by atoms with van der Waals surface area (Å²) in [6.07, 6.45) is -1.00. The molecule has 0 saturated carbocycles. The minimum atomic E-state index is -3.84. The maximum absolute atomic E-state index is 12.2. The first kappa shape index (κ1) is 18.2. The van der Waals surface area contributed by atoms with E-state index < -0.39 is 22.1 Å². The molecule has 0 heterocycles. The predicted octanol–water partition coefficient (Wildman–Crippen LogP) is 0.472. The van der Waals surface area contributed by atoms with Gasteiger partial charge in [-0.15, -0.1) is 0 Å². The van der Waals surface area contributed by atoms with Crippen LogP contribution in [0, 0.1) is 0 Å². The molecule has 1 aromatic rings. The number of sulfonamides is 1. The van der Waals surface area contributed by atoms with Crippen LogP contribution in [0.2, 0.25) is 0 Å². The zero-order valence-electron chi connectivity index (χ0n) is 12.5. The van der Waals surface area contributed by atoms with Gasteiger partial charge in [0, 0.05) is 12.6 Å². The summed E-state index contributed by atoms with van der Waals surface area (Å²) in [5, 5.41) is 8.65. The Morgan fingerprint density at radius 1 is 1.32 bits per heavy atom. The third-order valence-electron chi connectivity index (χ3n) is 2.77. The summed E-state index contributed by atoms with van der Waals surface area (Å²) in [5.41, 5.74) is 0. The smallest absolute Gasteiger partial charge is 0.332 e. The van der Waals surface area contributed by atoms with Crippen molar-refractivity contribution in [3.05, 3.63) is 18.2 Å². The summed E-state index contributed by atoms with van der Waals surface area (Å²) in [6, 6.07) is 4.40. The number of nitrogens with one attached hydrogen (secondary N) is 1. The molecule has 0 spiro atoms. The molecule has 1 unspecified atom stereocenters. The maximum atomic E-state index is 12.2. The van der Waals surface area contributed by atoms with Crippen molar-refractivity contribution in [1.82, 2.24) is 4.72 Å². The summed E-state index contributed by atoms with van der Waals surface area (Å²) >= 11 is 0. The number of carboxylic acids is 1. The molecule has 0 radical (unpaired) electrons. The topological polar surface area (TPSA) is 111 Å². The third-order valence-corrected chi connectivity index (χ3v) is 4.25. The van der Waals surface area contributed by atoms with Gasteiger partial charge in [-0.25, -0.2) is 17.9 Å². The SMILES string of the molecule is COc1ccc(OC)c(S(=O)(=O)NCCOC(C)C(=O)O)c1. The first-order valence-electron chi connectivity index (χ1n) is 6.38. The van der Waals surface area contributed by atoms with Crippen molar-refractivity contribution in [2.24, 2.45) is 0 Å². The number of hydrogen-bond acceptors (Lipinski definition) is 6. The molecule has 2 N–H and O–H groups in total. The standard InChI is InChI=1S/C13H19NO7S/c1-9(13(15)16)21-7-6-14-22(17,18)12-8-10(19-2)4-5-11(12)20-3/h4-5,8-9,14H,6-7H2,1-3H3,(H,15,16). The van der Waals surface area contributed by atoms with Crippen LogP contribution in [0.25, 0.3) is 0 Å². The summed E-state index contributed by atoms with van der Waals surface area (Å²) in [4.78, 5) is 10.5. The van der Waals surface area contributed by atoms with Crippen LogP contribution in [0.1, 0.15) is 6.92 Å². The second-order valence-electron chi connectivity index (χ2n) is 4.27. The van der Waals surface area contributed by atoms with E-state index in [2.05, 4.69) is 4.72 Å². The molecule has 0 aliphatic carbocycles. The molecule has 0 fully saturated rings. The normalized spacial score (nSPS) is 12.7. The van der Waals surface area contributed by atoms with Crippen molar-refractivity contribution in [3.8, 4) is 11.5 Å². The zero-order chi connectivity index (χ0) is 16.8. The predicted molar refractivity (Wildman–Crippen MR) is 77.8 cm³/mol. The molecule has 1 atom stereocenters. The fourth-order valence-corrected chi connectivity index (χ4v) is 2.75. The molecule has 0 bridgehead atoms. The molecule has 22 heavy (non-hydrogen) atoms. The van der Waals surface area contributed by atoms with Gasteiger partial charge in [-0.1, -0.05) is 0 Å². The van der Waals surface area contributed by atoms with Gasteiger partial charge in [-0.3, -0.25) is 0 Å². The molecule has 0 aliphatic heterocycles. The lowest BCUT2D eigenvalue weighted by Gasteiger charge is -2.13. The molecular weight excluding hydrogens is 314 g/mol. The molecule has 0 saturated heterocycles. The van der Waals surface area contributed by atoms with Crippen LogP contribution in [0.15, 0.2) is 23.1 Å². The van der Waals surface area contributed by atoms with Gasteiger partial charge in [0.1, 0.15) is 16.4 Å². The van der Waals surface area contributed by atoms with Crippen LogP contribution in [0.4, 0.5) is 0 Å². The number of methoxy groups -OCH3 is 2. The highest BCUT2D eigenvalue weighted by molar-refractivity contribution is 7.89. The Hall–Kier alpha value is -1.84. The number of aliphatic carboxylic acids is 1. The number of benzene rings is 1. The van der Waals surface area contributed by atoms with Crippen molar-refractivity contribution in [2.45, 2.75) is 17.9 Å². The van der Waals surface area contributed by atoms with Crippen molar-refractivity contribution in [2.75, 3.05) is 27.4 Å². The van der Waals surface area contributed by atoms with E-state index in [0.717, 1.165) is 0 Å². The van der Waals surface area contributed by atoms with Gasteiger partial charge in [0.15, 0.2) is 6.10 Å². The first-order chi connectivity index (χ1) is 10.3. The molecular formula is C13H19NO7S. The van der Waals surface area contributed by atoms with Crippen LogP contribution in [0.5, 0.6) is 11.5 Å². The largest absolute Gasteiger partial charge is 0.497 e. The van der Waals surface area contributed by atoms with Gasteiger partial charge in [-0.05, 0) is 19.1 Å². The van der Waals surface area contributed by atoms with Crippen molar-refractivity contribution >= 4 is 16.0 Å². The lowest BCUT2D eigenvalue weighted by Crippen LogP contribution is -2.30. The van der Waals surface area contributed by atoms with Gasteiger partial charge in [0.2, 0.25) is 10.0 Å². The van der Waals surface area contributed by atoms with Crippen LogP contribution >= 0.6 is 0 Å². The molecule has 1 rings (SSSR count). The lowest BCUT2D eigenvalue weighted by molar-refractivity contribution is -0.148. The summed E-state index contributed by atoms with van der Waals surface area (Å²) in [5.74, 6) is -0.567. The zero-order valence-corrected chi connectivity index (χ0v) is 13.3. The second kappa shape index (κ2) is 7.97. The average molecular weight is 333 g/mol. The number of hydrogen-bond donors (Lipinski definition) is 2. The van der Waals surface area contributed by atoms with Gasteiger partial charge in [0.25, 0.3) is 0 Å². The third kappa shape index (κ3) is 4.86. The molecule has 9 heteroatoms.